The van der Waals surface area contributed by atoms with Crippen molar-refractivity contribution in [2.75, 3.05) is 26.2 Å². The van der Waals surface area contributed by atoms with Gasteiger partial charge in [-0.1, -0.05) is 6.07 Å². The molecule has 7 heteroatoms. The second kappa shape index (κ2) is 6.17. The van der Waals surface area contributed by atoms with Gasteiger partial charge >= 0.3 is 5.97 Å². The first-order valence-corrected chi connectivity index (χ1v) is 6.31. The fraction of sp³-hybridized carbons (Fsp3) is 0.286. The predicted molar refractivity (Wildman–Crippen MR) is 77.6 cm³/mol. The minimum Gasteiger partial charge on any atom is -0.469 e. The van der Waals surface area contributed by atoms with Gasteiger partial charge in [-0.2, -0.15) is 10.1 Å². The summed E-state index contributed by atoms with van der Waals surface area (Å²) in [7, 11) is 4.88. The van der Waals surface area contributed by atoms with Crippen molar-refractivity contribution in [3.63, 3.8) is 0 Å². The number of hydrazone groups is 1. The van der Waals surface area contributed by atoms with Gasteiger partial charge in [-0.3, -0.25) is 9.59 Å². The van der Waals surface area contributed by atoms with Crippen LogP contribution in [0.25, 0.3) is 0 Å². The minimum absolute atomic E-state index is 0.0642. The van der Waals surface area contributed by atoms with E-state index in [0.29, 0.717) is 17.1 Å². The molecule has 1 aromatic heterocycles. The first-order chi connectivity index (χ1) is 10.0. The average molecular weight is 288 g/mol. The van der Waals surface area contributed by atoms with E-state index in [0.717, 1.165) is 0 Å². The standard InChI is InChI=1S/C14H16N4O3/c1-17(2)9-10-11(8-13(19)21-3)16-18(14(10)20)12-6-4-5-7-15-12/h4-7,9H,8H2,1-3H3. The molecule has 1 aromatic rings. The Bertz CT molecular complexity index is 608. The van der Waals surface area contributed by atoms with Crippen LogP contribution in [0.4, 0.5) is 5.82 Å². The number of hydrogen-bond acceptors (Lipinski definition) is 6. The number of carbonyl (C=O) groups excluding carboxylic acids is 2. The van der Waals surface area contributed by atoms with Gasteiger partial charge in [-0.05, 0) is 12.1 Å². The number of esters is 1. The van der Waals surface area contributed by atoms with Crippen LogP contribution >= 0.6 is 0 Å². The number of rotatable bonds is 4. The van der Waals surface area contributed by atoms with Crippen LogP contribution in [0.2, 0.25) is 0 Å². The Labute approximate surface area is 122 Å². The molecule has 21 heavy (non-hydrogen) atoms. The lowest BCUT2D eigenvalue weighted by atomic mass is 10.1. The van der Waals surface area contributed by atoms with Crippen LogP contribution < -0.4 is 5.01 Å². The zero-order valence-electron chi connectivity index (χ0n) is 12.1. The van der Waals surface area contributed by atoms with Crippen LogP contribution in [0.5, 0.6) is 0 Å². The van der Waals surface area contributed by atoms with Crippen LogP contribution in [-0.2, 0) is 14.3 Å². The zero-order valence-corrected chi connectivity index (χ0v) is 12.1. The summed E-state index contributed by atoms with van der Waals surface area (Å²) in [6, 6.07) is 5.19. The van der Waals surface area contributed by atoms with E-state index in [-0.39, 0.29) is 12.3 Å². The van der Waals surface area contributed by atoms with Crippen molar-refractivity contribution in [1.29, 1.82) is 0 Å². The highest BCUT2D eigenvalue weighted by atomic mass is 16.5. The lowest BCUT2D eigenvalue weighted by molar-refractivity contribution is -0.139. The van der Waals surface area contributed by atoms with Gasteiger partial charge in [-0.25, -0.2) is 4.98 Å². The molecule has 0 atom stereocenters. The van der Waals surface area contributed by atoms with Gasteiger partial charge in [-0.15, -0.1) is 0 Å². The molecule has 0 radical (unpaired) electrons. The second-order valence-corrected chi connectivity index (χ2v) is 4.61. The number of aromatic nitrogens is 1. The minimum atomic E-state index is -0.450. The number of anilines is 1. The fourth-order valence-corrected chi connectivity index (χ4v) is 1.82. The third kappa shape index (κ3) is 3.25. The largest absolute Gasteiger partial charge is 0.469 e. The number of hydrogen-bond donors (Lipinski definition) is 0. The van der Waals surface area contributed by atoms with Gasteiger partial charge < -0.3 is 9.64 Å². The van der Waals surface area contributed by atoms with Crippen LogP contribution in [-0.4, -0.2) is 48.7 Å². The Balaban J connectivity index is 2.37. The third-order valence-corrected chi connectivity index (χ3v) is 2.75. The lowest BCUT2D eigenvalue weighted by Gasteiger charge is -2.10. The lowest BCUT2D eigenvalue weighted by Crippen LogP contribution is -2.23. The van der Waals surface area contributed by atoms with Crippen molar-refractivity contribution >= 4 is 23.4 Å². The SMILES string of the molecule is COC(=O)CC1=NN(c2ccccn2)C(=O)C1=CN(C)C. The van der Waals surface area contributed by atoms with E-state index in [9.17, 15) is 9.59 Å². The monoisotopic (exact) mass is 288 g/mol. The summed E-state index contributed by atoms with van der Waals surface area (Å²) in [5, 5.41) is 5.39. The van der Waals surface area contributed by atoms with E-state index in [2.05, 4.69) is 14.8 Å². The number of carbonyl (C=O) groups is 2. The smallest absolute Gasteiger partial charge is 0.311 e. The van der Waals surface area contributed by atoms with Crippen LogP contribution in [0.3, 0.4) is 0 Å². The molecule has 0 N–H and O–H groups in total. The summed E-state index contributed by atoms with van der Waals surface area (Å²) in [6.07, 6.45) is 3.14. The molecule has 0 saturated carbocycles. The first kappa shape index (κ1) is 14.7. The molecular weight excluding hydrogens is 272 g/mol. The van der Waals surface area contributed by atoms with Gasteiger partial charge in [0.15, 0.2) is 5.82 Å². The molecule has 1 amide bonds. The molecule has 0 saturated heterocycles. The van der Waals surface area contributed by atoms with Gasteiger partial charge in [0.1, 0.15) is 0 Å². The summed E-state index contributed by atoms with van der Waals surface area (Å²) < 4.78 is 4.64. The topological polar surface area (TPSA) is 75.1 Å². The molecule has 7 nitrogen and oxygen atoms in total. The number of ether oxygens (including phenoxy) is 1. The Morgan fingerprint density at radius 1 is 1.43 bits per heavy atom. The molecule has 0 fully saturated rings. The summed E-state index contributed by atoms with van der Waals surface area (Å²) >= 11 is 0. The predicted octanol–water partition coefficient (Wildman–Crippen LogP) is 0.793. The maximum absolute atomic E-state index is 12.4. The third-order valence-electron chi connectivity index (χ3n) is 2.75. The van der Waals surface area contributed by atoms with Crippen LogP contribution in [0.1, 0.15) is 6.42 Å². The number of amides is 1. The molecular formula is C14H16N4O3. The van der Waals surface area contributed by atoms with Crippen molar-refractivity contribution < 1.29 is 14.3 Å². The normalized spacial score (nSPS) is 16.1. The van der Waals surface area contributed by atoms with E-state index < -0.39 is 5.97 Å². The molecule has 1 aliphatic rings. The Morgan fingerprint density at radius 2 is 2.19 bits per heavy atom. The highest BCUT2D eigenvalue weighted by Gasteiger charge is 2.33. The second-order valence-electron chi connectivity index (χ2n) is 4.61. The van der Waals surface area contributed by atoms with Crippen LogP contribution in [0.15, 0.2) is 41.3 Å². The van der Waals surface area contributed by atoms with Gasteiger partial charge in [0, 0.05) is 26.5 Å². The molecule has 0 unspecified atom stereocenters. The fourth-order valence-electron chi connectivity index (χ4n) is 1.82. The Hall–Kier alpha value is -2.70. The molecule has 1 aliphatic heterocycles. The first-order valence-electron chi connectivity index (χ1n) is 6.31. The van der Waals surface area contributed by atoms with Crippen molar-refractivity contribution in [2.24, 2.45) is 5.10 Å². The van der Waals surface area contributed by atoms with E-state index in [1.54, 1.807) is 49.6 Å². The quantitative estimate of drug-likeness (QED) is 0.605. The molecule has 2 heterocycles. The number of methoxy groups -OCH3 is 1. The molecule has 2 rings (SSSR count). The molecule has 110 valence electrons. The molecule has 0 aromatic carbocycles. The summed E-state index contributed by atoms with van der Waals surface area (Å²) in [5.41, 5.74) is 0.724. The molecule has 0 bridgehead atoms. The average Bonchev–Trinajstić information content (AvgIpc) is 2.76. The summed E-state index contributed by atoms with van der Waals surface area (Å²) in [6.45, 7) is 0. The van der Waals surface area contributed by atoms with E-state index in [1.807, 2.05) is 0 Å². The van der Waals surface area contributed by atoms with Gasteiger partial charge in [0.25, 0.3) is 5.91 Å². The maximum Gasteiger partial charge on any atom is 0.311 e. The van der Waals surface area contributed by atoms with Gasteiger partial charge in [0.05, 0.1) is 24.8 Å². The van der Waals surface area contributed by atoms with Crippen LogP contribution in [0, 0.1) is 0 Å². The van der Waals surface area contributed by atoms with E-state index in [4.69, 9.17) is 0 Å². The van der Waals surface area contributed by atoms with Crippen molar-refractivity contribution in [3.8, 4) is 0 Å². The summed E-state index contributed by atoms with van der Waals surface area (Å²) in [4.78, 5) is 29.7. The summed E-state index contributed by atoms with van der Waals surface area (Å²) in [5.74, 6) is -0.359. The highest BCUT2D eigenvalue weighted by Crippen LogP contribution is 2.23. The van der Waals surface area contributed by atoms with Crippen molar-refractivity contribution in [2.45, 2.75) is 6.42 Å². The van der Waals surface area contributed by atoms with Crippen molar-refractivity contribution in [3.05, 3.63) is 36.2 Å². The van der Waals surface area contributed by atoms with E-state index >= 15 is 0 Å². The number of pyridine rings is 1. The maximum atomic E-state index is 12.4. The zero-order chi connectivity index (χ0) is 15.4. The molecule has 0 aliphatic carbocycles. The number of nitrogens with zero attached hydrogens (tertiary/aromatic N) is 4. The van der Waals surface area contributed by atoms with Gasteiger partial charge in [0.2, 0.25) is 0 Å². The Kier molecular flexibility index (Phi) is 4.32. The highest BCUT2D eigenvalue weighted by molar-refractivity contribution is 6.32. The molecule has 0 spiro atoms. The van der Waals surface area contributed by atoms with E-state index in [1.165, 1.54) is 12.1 Å². The Morgan fingerprint density at radius 3 is 2.76 bits per heavy atom. The van der Waals surface area contributed by atoms with Crippen molar-refractivity contribution in [1.82, 2.24) is 9.88 Å².